The van der Waals surface area contributed by atoms with Gasteiger partial charge in [0.2, 0.25) is 5.91 Å². The van der Waals surface area contributed by atoms with Gasteiger partial charge in [0, 0.05) is 5.02 Å². The zero-order chi connectivity index (χ0) is 17.6. The Balaban J connectivity index is 1.79. The number of halogens is 1. The molecule has 2 aromatic carbocycles. The Labute approximate surface area is 149 Å². The predicted molar refractivity (Wildman–Crippen MR) is 98.8 cm³/mol. The topological polar surface area (TPSA) is 38.3 Å². The van der Waals surface area contributed by atoms with Gasteiger partial charge in [-0.2, -0.15) is 0 Å². The molecule has 0 fully saturated rings. The summed E-state index contributed by atoms with van der Waals surface area (Å²) in [5.41, 5.74) is 2.13. The highest BCUT2D eigenvalue weighted by Crippen LogP contribution is 2.30. The average Bonchev–Trinajstić information content (AvgIpc) is 2.53. The van der Waals surface area contributed by atoms with Gasteiger partial charge in [0.1, 0.15) is 12.4 Å². The maximum absolute atomic E-state index is 11.9. The standard InChI is InChI=1S/C20H24ClNO2/c1-20(2,3)17-6-4-5-7-18(17)24-13-12-22-19(23)14-15-8-10-16(21)11-9-15/h4-11H,12-14H2,1-3H3,(H,22,23). The molecule has 2 aromatic rings. The minimum absolute atomic E-state index is 0.0222. The lowest BCUT2D eigenvalue weighted by Gasteiger charge is -2.22. The number of hydrogen-bond donors (Lipinski definition) is 1. The maximum Gasteiger partial charge on any atom is 0.224 e. The molecule has 0 radical (unpaired) electrons. The number of ether oxygens (including phenoxy) is 1. The Bertz CT molecular complexity index is 675. The molecule has 1 N–H and O–H groups in total. The Kier molecular flexibility index (Phi) is 6.27. The quantitative estimate of drug-likeness (QED) is 0.789. The molecular weight excluding hydrogens is 322 g/mol. The van der Waals surface area contributed by atoms with E-state index >= 15 is 0 Å². The fourth-order valence-corrected chi connectivity index (χ4v) is 2.54. The van der Waals surface area contributed by atoms with Gasteiger partial charge in [-0.15, -0.1) is 0 Å². The second-order valence-electron chi connectivity index (χ2n) is 6.75. The number of benzene rings is 2. The summed E-state index contributed by atoms with van der Waals surface area (Å²) in [6, 6.07) is 15.3. The number of hydrogen-bond acceptors (Lipinski definition) is 2. The van der Waals surface area contributed by atoms with Crippen LogP contribution in [0.15, 0.2) is 48.5 Å². The number of rotatable bonds is 6. The summed E-state index contributed by atoms with van der Waals surface area (Å²) in [5.74, 6) is 0.849. The van der Waals surface area contributed by atoms with Crippen LogP contribution in [-0.4, -0.2) is 19.1 Å². The third-order valence-electron chi connectivity index (χ3n) is 3.65. The van der Waals surface area contributed by atoms with Gasteiger partial charge in [0.25, 0.3) is 0 Å². The van der Waals surface area contributed by atoms with Crippen LogP contribution in [0.25, 0.3) is 0 Å². The van der Waals surface area contributed by atoms with E-state index in [-0.39, 0.29) is 11.3 Å². The SMILES string of the molecule is CC(C)(C)c1ccccc1OCCNC(=O)Cc1ccc(Cl)cc1. The second-order valence-corrected chi connectivity index (χ2v) is 7.18. The summed E-state index contributed by atoms with van der Waals surface area (Å²) in [5, 5.41) is 3.55. The van der Waals surface area contributed by atoms with Crippen molar-refractivity contribution >= 4 is 17.5 Å². The summed E-state index contributed by atoms with van der Waals surface area (Å²) >= 11 is 5.84. The van der Waals surface area contributed by atoms with E-state index in [0.29, 0.717) is 24.6 Å². The molecule has 0 aliphatic carbocycles. The molecule has 0 spiro atoms. The maximum atomic E-state index is 11.9. The molecule has 0 saturated carbocycles. The first-order chi connectivity index (χ1) is 11.4. The molecule has 2 rings (SSSR count). The lowest BCUT2D eigenvalue weighted by atomic mass is 9.86. The largest absolute Gasteiger partial charge is 0.491 e. The van der Waals surface area contributed by atoms with Crippen molar-refractivity contribution in [2.45, 2.75) is 32.6 Å². The normalized spacial score (nSPS) is 11.2. The van der Waals surface area contributed by atoms with Crippen LogP contribution in [-0.2, 0) is 16.6 Å². The first kappa shape index (κ1) is 18.3. The van der Waals surface area contributed by atoms with E-state index < -0.39 is 0 Å². The molecule has 3 nitrogen and oxygen atoms in total. The van der Waals surface area contributed by atoms with Crippen LogP contribution in [0.4, 0.5) is 0 Å². The van der Waals surface area contributed by atoms with E-state index in [1.165, 1.54) is 0 Å². The third-order valence-corrected chi connectivity index (χ3v) is 3.91. The van der Waals surface area contributed by atoms with E-state index in [1.54, 1.807) is 12.1 Å². The summed E-state index contributed by atoms with van der Waals surface area (Å²) in [6.45, 7) is 7.39. The monoisotopic (exact) mass is 345 g/mol. The van der Waals surface area contributed by atoms with E-state index in [4.69, 9.17) is 16.3 Å². The molecular formula is C20H24ClNO2. The van der Waals surface area contributed by atoms with Gasteiger partial charge in [-0.3, -0.25) is 4.79 Å². The number of amides is 1. The van der Waals surface area contributed by atoms with Crippen LogP contribution in [0.5, 0.6) is 5.75 Å². The van der Waals surface area contributed by atoms with Gasteiger partial charge in [-0.1, -0.05) is 62.7 Å². The van der Waals surface area contributed by atoms with Crippen molar-refractivity contribution in [2.75, 3.05) is 13.2 Å². The first-order valence-electron chi connectivity index (χ1n) is 8.10. The smallest absolute Gasteiger partial charge is 0.224 e. The van der Waals surface area contributed by atoms with Crippen molar-refractivity contribution in [3.05, 3.63) is 64.7 Å². The van der Waals surface area contributed by atoms with Crippen LogP contribution in [0.1, 0.15) is 31.9 Å². The van der Waals surface area contributed by atoms with Crippen LogP contribution >= 0.6 is 11.6 Å². The molecule has 0 aromatic heterocycles. The Morgan fingerprint density at radius 3 is 2.42 bits per heavy atom. The molecule has 0 unspecified atom stereocenters. The minimum Gasteiger partial charge on any atom is -0.491 e. The fourth-order valence-electron chi connectivity index (χ4n) is 2.41. The van der Waals surface area contributed by atoms with Gasteiger partial charge in [-0.05, 0) is 34.7 Å². The Hall–Kier alpha value is -2.00. The predicted octanol–water partition coefficient (Wildman–Crippen LogP) is 4.38. The fraction of sp³-hybridized carbons (Fsp3) is 0.350. The van der Waals surface area contributed by atoms with Crippen LogP contribution < -0.4 is 10.1 Å². The number of nitrogens with one attached hydrogen (secondary N) is 1. The summed E-state index contributed by atoms with van der Waals surface area (Å²) < 4.78 is 5.85. The molecule has 0 bridgehead atoms. The number of carbonyl (C=O) groups excluding carboxylic acids is 1. The lowest BCUT2D eigenvalue weighted by Crippen LogP contribution is -2.29. The van der Waals surface area contributed by atoms with Crippen molar-refractivity contribution < 1.29 is 9.53 Å². The number of carbonyl (C=O) groups is 1. The summed E-state index contributed by atoms with van der Waals surface area (Å²) in [6.07, 6.45) is 0.343. The lowest BCUT2D eigenvalue weighted by molar-refractivity contribution is -0.120. The molecule has 0 saturated heterocycles. The highest BCUT2D eigenvalue weighted by Gasteiger charge is 2.18. The van der Waals surface area contributed by atoms with Crippen LogP contribution in [0.2, 0.25) is 5.02 Å². The average molecular weight is 346 g/mol. The van der Waals surface area contributed by atoms with Crippen molar-refractivity contribution in [3.8, 4) is 5.75 Å². The molecule has 128 valence electrons. The highest BCUT2D eigenvalue weighted by molar-refractivity contribution is 6.30. The number of para-hydroxylation sites is 1. The van der Waals surface area contributed by atoms with Gasteiger partial charge < -0.3 is 10.1 Å². The molecule has 0 heterocycles. The first-order valence-corrected chi connectivity index (χ1v) is 8.47. The molecule has 0 atom stereocenters. The molecule has 0 aliphatic rings. The van der Waals surface area contributed by atoms with Gasteiger partial charge >= 0.3 is 0 Å². The van der Waals surface area contributed by atoms with E-state index in [0.717, 1.165) is 16.9 Å². The minimum atomic E-state index is -0.0231. The van der Waals surface area contributed by atoms with Crippen molar-refractivity contribution in [1.29, 1.82) is 0 Å². The molecule has 1 amide bonds. The molecule has 0 aliphatic heterocycles. The van der Waals surface area contributed by atoms with Crippen molar-refractivity contribution in [2.24, 2.45) is 0 Å². The molecule has 4 heteroatoms. The summed E-state index contributed by atoms with van der Waals surface area (Å²) in [7, 11) is 0. The van der Waals surface area contributed by atoms with Gasteiger partial charge in [0.05, 0.1) is 13.0 Å². The van der Waals surface area contributed by atoms with Crippen molar-refractivity contribution in [3.63, 3.8) is 0 Å². The second kappa shape index (κ2) is 8.20. The zero-order valence-corrected chi connectivity index (χ0v) is 15.2. The van der Waals surface area contributed by atoms with E-state index in [2.05, 4.69) is 32.2 Å². The van der Waals surface area contributed by atoms with Gasteiger partial charge in [-0.25, -0.2) is 0 Å². The van der Waals surface area contributed by atoms with Gasteiger partial charge in [0.15, 0.2) is 0 Å². The molecule has 24 heavy (non-hydrogen) atoms. The van der Waals surface area contributed by atoms with Crippen LogP contribution in [0.3, 0.4) is 0 Å². The third kappa shape index (κ3) is 5.57. The van der Waals surface area contributed by atoms with Crippen molar-refractivity contribution in [1.82, 2.24) is 5.32 Å². The van der Waals surface area contributed by atoms with E-state index in [1.807, 2.05) is 30.3 Å². The Morgan fingerprint density at radius 2 is 1.75 bits per heavy atom. The van der Waals surface area contributed by atoms with E-state index in [9.17, 15) is 4.79 Å². The highest BCUT2D eigenvalue weighted by atomic mass is 35.5. The zero-order valence-electron chi connectivity index (χ0n) is 14.4. The van der Waals surface area contributed by atoms with Crippen LogP contribution in [0, 0.1) is 0 Å². The Morgan fingerprint density at radius 1 is 1.08 bits per heavy atom. The summed E-state index contributed by atoms with van der Waals surface area (Å²) in [4.78, 5) is 11.9.